The minimum Gasteiger partial charge on any atom is -0.444 e. The van der Waals surface area contributed by atoms with E-state index in [1.807, 2.05) is 20.8 Å². The lowest BCUT2D eigenvalue weighted by atomic mass is 10.1. The van der Waals surface area contributed by atoms with Crippen LogP contribution < -0.4 is 5.56 Å². The van der Waals surface area contributed by atoms with Gasteiger partial charge in [0.1, 0.15) is 5.60 Å². The summed E-state index contributed by atoms with van der Waals surface area (Å²) in [6, 6.07) is 0.168. The minimum absolute atomic E-state index is 0.0204. The van der Waals surface area contributed by atoms with Crippen LogP contribution in [0.1, 0.15) is 50.9 Å². The van der Waals surface area contributed by atoms with E-state index in [2.05, 4.69) is 5.10 Å². The summed E-state index contributed by atoms with van der Waals surface area (Å²) >= 11 is 0. The van der Waals surface area contributed by atoms with Crippen molar-refractivity contribution in [3.63, 3.8) is 0 Å². The zero-order valence-electron chi connectivity index (χ0n) is 13.3. The predicted octanol–water partition coefficient (Wildman–Crippen LogP) is 1.78. The number of aromatic amines is 1. The predicted molar refractivity (Wildman–Crippen MR) is 79.6 cm³/mol. The monoisotopic (exact) mass is 309 g/mol. The van der Waals surface area contributed by atoms with E-state index in [0.717, 1.165) is 18.5 Å². The van der Waals surface area contributed by atoms with Crippen LogP contribution in [-0.2, 0) is 22.6 Å². The molecule has 1 aromatic heterocycles. The van der Waals surface area contributed by atoms with Crippen LogP contribution in [0.15, 0.2) is 4.79 Å². The normalized spacial score (nSPS) is 19.3. The number of carbonyl (C=O) groups is 1. The van der Waals surface area contributed by atoms with E-state index >= 15 is 0 Å². The Bertz CT molecular complexity index is 620. The number of ether oxygens (including phenoxy) is 2. The van der Waals surface area contributed by atoms with Crippen LogP contribution in [0.4, 0.5) is 4.79 Å². The van der Waals surface area contributed by atoms with Crippen molar-refractivity contribution in [3.8, 4) is 0 Å². The fourth-order valence-corrected chi connectivity index (χ4v) is 2.93. The fraction of sp³-hybridized carbons (Fsp3) is 0.733. The molecule has 0 atom stereocenters. The average Bonchev–Trinajstić information content (AvgIpc) is 2.98. The molecule has 0 aliphatic carbocycles. The summed E-state index contributed by atoms with van der Waals surface area (Å²) in [6.07, 6.45) is 1.30. The Kier molecular flexibility index (Phi) is 3.76. The smallest absolute Gasteiger partial charge is 0.410 e. The Labute approximate surface area is 129 Å². The molecule has 1 amide bonds. The first-order valence-electron chi connectivity index (χ1n) is 7.73. The zero-order chi connectivity index (χ0) is 15.9. The first kappa shape index (κ1) is 15.1. The quantitative estimate of drug-likeness (QED) is 0.858. The Balaban J connectivity index is 1.73. The van der Waals surface area contributed by atoms with Crippen LogP contribution in [-0.4, -0.2) is 39.6 Å². The summed E-state index contributed by atoms with van der Waals surface area (Å²) < 4.78 is 12.4. The van der Waals surface area contributed by atoms with Gasteiger partial charge in [0.25, 0.3) is 5.56 Å². The van der Waals surface area contributed by atoms with Gasteiger partial charge >= 0.3 is 6.09 Å². The van der Waals surface area contributed by atoms with Gasteiger partial charge in [0.2, 0.25) is 0 Å². The van der Waals surface area contributed by atoms with E-state index < -0.39 is 5.60 Å². The molecule has 0 unspecified atom stereocenters. The summed E-state index contributed by atoms with van der Waals surface area (Å²) in [7, 11) is 0. The maximum atomic E-state index is 12.5. The zero-order valence-corrected chi connectivity index (χ0v) is 13.3. The summed E-state index contributed by atoms with van der Waals surface area (Å²) in [6.45, 7) is 7.58. The standard InChI is InChI=1S/C15H23N3O4/c1-15(2,3)22-14(20)17-8-11-12(9-17)16-18(13(11)19)10-4-6-21-7-5-10/h10,16H,4-9H2,1-3H3. The van der Waals surface area contributed by atoms with Gasteiger partial charge in [-0.05, 0) is 33.6 Å². The van der Waals surface area contributed by atoms with Crippen LogP contribution in [0, 0.1) is 0 Å². The van der Waals surface area contributed by atoms with E-state index in [1.54, 1.807) is 9.58 Å². The molecule has 0 saturated carbocycles. The first-order valence-corrected chi connectivity index (χ1v) is 7.73. The second-order valence-electron chi connectivity index (χ2n) is 6.92. The highest BCUT2D eigenvalue weighted by molar-refractivity contribution is 5.69. The lowest BCUT2D eigenvalue weighted by Crippen LogP contribution is -2.35. The Morgan fingerprint density at radius 2 is 1.95 bits per heavy atom. The molecule has 0 bridgehead atoms. The molecule has 3 heterocycles. The third kappa shape index (κ3) is 2.90. The molecule has 2 aliphatic rings. The number of fused-ring (bicyclic) bond motifs is 1. The Morgan fingerprint density at radius 1 is 1.27 bits per heavy atom. The second kappa shape index (κ2) is 5.46. The highest BCUT2D eigenvalue weighted by Gasteiger charge is 2.32. The molecule has 7 nitrogen and oxygen atoms in total. The molecule has 0 aromatic carbocycles. The van der Waals surface area contributed by atoms with Gasteiger partial charge in [-0.15, -0.1) is 0 Å². The highest BCUT2D eigenvalue weighted by Crippen LogP contribution is 2.24. The molecule has 2 aliphatic heterocycles. The van der Waals surface area contributed by atoms with Gasteiger partial charge in [-0.25, -0.2) is 9.48 Å². The van der Waals surface area contributed by atoms with Crippen LogP contribution in [0.3, 0.4) is 0 Å². The van der Waals surface area contributed by atoms with Gasteiger partial charge < -0.3 is 9.47 Å². The molecular formula is C15H23N3O4. The van der Waals surface area contributed by atoms with Crippen molar-refractivity contribution >= 4 is 6.09 Å². The van der Waals surface area contributed by atoms with Gasteiger partial charge in [-0.2, -0.15) is 0 Å². The van der Waals surface area contributed by atoms with E-state index in [1.165, 1.54) is 0 Å². The lowest BCUT2D eigenvalue weighted by Gasteiger charge is -2.25. The van der Waals surface area contributed by atoms with Gasteiger partial charge in [-0.3, -0.25) is 14.8 Å². The van der Waals surface area contributed by atoms with E-state index in [-0.39, 0.29) is 17.7 Å². The van der Waals surface area contributed by atoms with Crippen molar-refractivity contribution in [3.05, 3.63) is 21.6 Å². The molecule has 7 heteroatoms. The number of aromatic nitrogens is 2. The molecule has 1 aromatic rings. The van der Waals surface area contributed by atoms with Crippen LogP contribution in [0.25, 0.3) is 0 Å². The lowest BCUT2D eigenvalue weighted by molar-refractivity contribution is 0.0237. The maximum Gasteiger partial charge on any atom is 0.410 e. The molecule has 122 valence electrons. The van der Waals surface area contributed by atoms with Crippen molar-refractivity contribution in [2.24, 2.45) is 0 Å². The molecule has 3 rings (SSSR count). The first-order chi connectivity index (χ1) is 10.3. The number of nitrogens with one attached hydrogen (secondary N) is 1. The van der Waals surface area contributed by atoms with Crippen molar-refractivity contribution in [2.45, 2.75) is 58.3 Å². The minimum atomic E-state index is -0.532. The SMILES string of the molecule is CC(C)(C)OC(=O)N1Cc2[nH]n(C3CCOCC3)c(=O)c2C1. The van der Waals surface area contributed by atoms with Crippen molar-refractivity contribution in [2.75, 3.05) is 13.2 Å². The summed E-state index contributed by atoms with van der Waals surface area (Å²) in [4.78, 5) is 26.2. The van der Waals surface area contributed by atoms with Crippen molar-refractivity contribution in [1.29, 1.82) is 0 Å². The van der Waals surface area contributed by atoms with Gasteiger partial charge in [0.15, 0.2) is 0 Å². The van der Waals surface area contributed by atoms with Gasteiger partial charge in [0.05, 0.1) is 30.4 Å². The molecular weight excluding hydrogens is 286 g/mol. The Morgan fingerprint density at radius 3 is 2.55 bits per heavy atom. The summed E-state index contributed by atoms with van der Waals surface area (Å²) in [5.74, 6) is 0. The fourth-order valence-electron chi connectivity index (χ4n) is 2.93. The molecule has 0 radical (unpaired) electrons. The molecule has 1 N–H and O–H groups in total. The third-order valence-electron chi connectivity index (χ3n) is 4.00. The van der Waals surface area contributed by atoms with Crippen molar-refractivity contribution in [1.82, 2.24) is 14.7 Å². The topological polar surface area (TPSA) is 76.6 Å². The molecule has 1 saturated heterocycles. The van der Waals surface area contributed by atoms with E-state index in [0.29, 0.717) is 31.9 Å². The molecule has 22 heavy (non-hydrogen) atoms. The summed E-state index contributed by atoms with van der Waals surface area (Å²) in [5, 5.41) is 3.18. The van der Waals surface area contributed by atoms with Crippen LogP contribution in [0.2, 0.25) is 0 Å². The maximum absolute atomic E-state index is 12.5. The highest BCUT2D eigenvalue weighted by atomic mass is 16.6. The number of rotatable bonds is 1. The third-order valence-corrected chi connectivity index (χ3v) is 4.00. The van der Waals surface area contributed by atoms with E-state index in [9.17, 15) is 9.59 Å². The van der Waals surface area contributed by atoms with E-state index in [4.69, 9.17) is 9.47 Å². The number of hydrogen-bond acceptors (Lipinski definition) is 4. The van der Waals surface area contributed by atoms with Crippen LogP contribution >= 0.6 is 0 Å². The summed E-state index contributed by atoms with van der Waals surface area (Å²) in [5.41, 5.74) is 0.947. The largest absolute Gasteiger partial charge is 0.444 e. The second-order valence-corrected chi connectivity index (χ2v) is 6.92. The number of carbonyl (C=O) groups excluding carboxylic acids is 1. The average molecular weight is 309 g/mol. The number of H-pyrrole nitrogens is 1. The van der Waals surface area contributed by atoms with Gasteiger partial charge in [0, 0.05) is 13.2 Å². The number of nitrogens with zero attached hydrogens (tertiary/aromatic N) is 2. The number of amides is 1. The Hall–Kier alpha value is -1.76. The van der Waals surface area contributed by atoms with Crippen molar-refractivity contribution < 1.29 is 14.3 Å². The molecule has 1 fully saturated rings. The van der Waals surface area contributed by atoms with Crippen LogP contribution in [0.5, 0.6) is 0 Å². The molecule has 0 spiro atoms. The number of hydrogen-bond donors (Lipinski definition) is 1. The van der Waals surface area contributed by atoms with Gasteiger partial charge in [-0.1, -0.05) is 0 Å².